The Balaban J connectivity index is 0.000000845. The van der Waals surface area contributed by atoms with E-state index in [4.69, 9.17) is 0 Å². The molecule has 0 atom stereocenters. The first-order valence-electron chi connectivity index (χ1n) is 3.38. The van der Waals surface area contributed by atoms with Crippen molar-refractivity contribution in [3.63, 3.8) is 0 Å². The second-order valence-electron chi connectivity index (χ2n) is 2.32. The zero-order valence-electron chi connectivity index (χ0n) is 8.02. The summed E-state index contributed by atoms with van der Waals surface area (Å²) in [5.41, 5.74) is 0. The summed E-state index contributed by atoms with van der Waals surface area (Å²) in [4.78, 5) is 28.6. The quantitative estimate of drug-likeness (QED) is 0.306. The molecule has 5 heteroatoms. The molecular formula is C8H5N2NaO2. The third-order valence-electron chi connectivity index (χ3n) is 1.51. The molecule has 0 aromatic heterocycles. The minimum absolute atomic E-state index is 0. The Hall–Kier alpha value is -0.840. The number of nitrogens with zero attached hydrogens (tertiary/aromatic N) is 2. The fraction of sp³-hybridized carbons (Fsp3) is 0. The molecule has 1 aliphatic heterocycles. The summed E-state index contributed by atoms with van der Waals surface area (Å²) >= 11 is 0. The average Bonchev–Trinajstić information content (AvgIpc) is 2.07. The fourth-order valence-corrected chi connectivity index (χ4v) is 0.968. The minimum atomic E-state index is -0.797. The van der Waals surface area contributed by atoms with E-state index < -0.39 is 11.8 Å². The number of carbonyl (C=O) groups is 2. The summed E-state index contributed by atoms with van der Waals surface area (Å²) in [5, 5.41) is 0.921. The van der Waals surface area contributed by atoms with Gasteiger partial charge in [0, 0.05) is 0 Å². The second kappa shape index (κ2) is 3.91. The zero-order valence-corrected chi connectivity index (χ0v) is 9.02. The molecule has 0 saturated carbocycles. The van der Waals surface area contributed by atoms with E-state index in [9.17, 15) is 9.59 Å². The molecule has 1 aromatic rings. The smallest absolute Gasteiger partial charge is 1.00 e. The van der Waals surface area contributed by atoms with Gasteiger partial charge < -0.3 is 1.43 Å². The summed E-state index contributed by atoms with van der Waals surface area (Å²) in [6, 6.07) is 6.76. The fourth-order valence-electron chi connectivity index (χ4n) is 0.968. The van der Waals surface area contributed by atoms with Crippen molar-refractivity contribution in [1.82, 2.24) is 0 Å². The third-order valence-corrected chi connectivity index (χ3v) is 1.51. The maximum atomic E-state index is 10.7. The van der Waals surface area contributed by atoms with Crippen LogP contribution in [0, 0.1) is 0 Å². The van der Waals surface area contributed by atoms with Crippen LogP contribution in [0.3, 0.4) is 0 Å². The van der Waals surface area contributed by atoms with Gasteiger partial charge in [0.2, 0.25) is 0 Å². The first kappa shape index (κ1) is 10.2. The van der Waals surface area contributed by atoms with Crippen molar-refractivity contribution < 1.29 is 40.6 Å². The standard InChI is InChI=1S/C8H4N2O2.Na.H/c11-7-8(12)10-6-4-2-1-3-5(6)9-7;;/h1-4H;;/q;+1;-1. The van der Waals surface area contributed by atoms with Crippen molar-refractivity contribution in [3.8, 4) is 0 Å². The topological polar surface area (TPSA) is 58.9 Å². The van der Waals surface area contributed by atoms with E-state index in [1.165, 1.54) is 0 Å². The largest absolute Gasteiger partial charge is 1.00 e. The zero-order chi connectivity index (χ0) is 8.55. The molecule has 0 bridgehead atoms. The number of hydrogen-bond donors (Lipinski definition) is 0. The molecule has 60 valence electrons. The molecule has 2 rings (SSSR count). The Morgan fingerprint density at radius 3 is 1.69 bits per heavy atom. The van der Waals surface area contributed by atoms with Gasteiger partial charge in [-0.2, -0.15) is 0 Å². The van der Waals surface area contributed by atoms with Gasteiger partial charge in [0.1, 0.15) is 0 Å². The predicted molar refractivity (Wildman–Crippen MR) is 39.9 cm³/mol. The minimum Gasteiger partial charge on any atom is -1.00 e. The van der Waals surface area contributed by atoms with Gasteiger partial charge in [0.05, 0.1) is 10.7 Å². The van der Waals surface area contributed by atoms with Gasteiger partial charge >= 0.3 is 41.4 Å². The van der Waals surface area contributed by atoms with Gasteiger partial charge in [-0.1, -0.05) is 12.1 Å². The Kier molecular flexibility index (Phi) is 3.08. The Labute approximate surface area is 97.2 Å². The van der Waals surface area contributed by atoms with Crippen LogP contribution < -0.4 is 40.3 Å². The molecule has 0 N–H and O–H groups in total. The van der Waals surface area contributed by atoms with Crippen LogP contribution in [-0.4, -0.2) is 11.8 Å². The van der Waals surface area contributed by atoms with E-state index in [2.05, 4.69) is 9.98 Å². The first-order valence-corrected chi connectivity index (χ1v) is 3.38. The Morgan fingerprint density at radius 1 is 0.923 bits per heavy atom. The van der Waals surface area contributed by atoms with Gasteiger partial charge in [-0.25, -0.2) is 9.98 Å². The number of benzene rings is 1. The number of para-hydroxylation sites is 2. The predicted octanol–water partition coefficient (Wildman–Crippen LogP) is -3.89. The van der Waals surface area contributed by atoms with Gasteiger partial charge in [-0.15, -0.1) is 0 Å². The number of hydrogen-bond acceptors (Lipinski definition) is 2. The molecule has 2 amide bonds. The van der Waals surface area contributed by atoms with Crippen molar-refractivity contribution in [1.29, 1.82) is 0 Å². The van der Waals surface area contributed by atoms with E-state index in [-0.39, 0.29) is 31.0 Å². The first-order chi connectivity index (χ1) is 5.77. The maximum Gasteiger partial charge on any atom is 1.00 e. The van der Waals surface area contributed by atoms with Crippen molar-refractivity contribution in [2.24, 2.45) is 9.98 Å². The van der Waals surface area contributed by atoms with Crippen molar-refractivity contribution in [2.45, 2.75) is 0 Å². The molecule has 0 aliphatic carbocycles. The van der Waals surface area contributed by atoms with Crippen molar-refractivity contribution >= 4 is 11.8 Å². The molecule has 0 radical (unpaired) electrons. The van der Waals surface area contributed by atoms with Crippen LogP contribution in [0.25, 0.3) is 0 Å². The third kappa shape index (κ3) is 1.91. The molecule has 4 nitrogen and oxygen atoms in total. The normalized spacial score (nSPS) is 13.5. The van der Waals surface area contributed by atoms with Crippen LogP contribution in [0.1, 0.15) is 1.43 Å². The number of rotatable bonds is 0. The van der Waals surface area contributed by atoms with E-state index in [0.29, 0.717) is 10.7 Å². The molecule has 1 aliphatic rings. The molecule has 0 saturated heterocycles. The van der Waals surface area contributed by atoms with Crippen molar-refractivity contribution in [3.05, 3.63) is 35.0 Å². The summed E-state index contributed by atoms with van der Waals surface area (Å²) in [6.45, 7) is 0. The monoisotopic (exact) mass is 184 g/mol. The SMILES string of the molecule is O=C1N=c2ccccc2=NC1=O.[H-].[Na+]. The molecule has 0 spiro atoms. The molecule has 13 heavy (non-hydrogen) atoms. The molecular weight excluding hydrogens is 179 g/mol. The van der Waals surface area contributed by atoms with Crippen LogP contribution in [0.15, 0.2) is 34.3 Å². The number of amides is 2. The van der Waals surface area contributed by atoms with Crippen LogP contribution in [0.2, 0.25) is 0 Å². The Bertz CT molecular complexity index is 441. The number of fused-ring (bicyclic) bond motifs is 1. The molecule has 1 aromatic carbocycles. The Morgan fingerprint density at radius 2 is 1.31 bits per heavy atom. The van der Waals surface area contributed by atoms with E-state index in [1.807, 2.05) is 0 Å². The number of carbonyl (C=O) groups excluding carboxylic acids is 2. The summed E-state index contributed by atoms with van der Waals surface area (Å²) in [6.07, 6.45) is 0. The molecule has 1 heterocycles. The van der Waals surface area contributed by atoms with Crippen LogP contribution in [0.5, 0.6) is 0 Å². The maximum absolute atomic E-state index is 10.7. The van der Waals surface area contributed by atoms with Crippen LogP contribution in [-0.2, 0) is 9.59 Å². The van der Waals surface area contributed by atoms with E-state index in [1.54, 1.807) is 24.3 Å². The van der Waals surface area contributed by atoms with Crippen LogP contribution in [0.4, 0.5) is 0 Å². The van der Waals surface area contributed by atoms with Gasteiger partial charge in [0.25, 0.3) is 0 Å². The summed E-state index contributed by atoms with van der Waals surface area (Å²) in [5.74, 6) is -1.59. The van der Waals surface area contributed by atoms with Gasteiger partial charge in [0.15, 0.2) is 0 Å². The van der Waals surface area contributed by atoms with Crippen molar-refractivity contribution in [2.75, 3.05) is 0 Å². The summed E-state index contributed by atoms with van der Waals surface area (Å²) in [7, 11) is 0. The average molecular weight is 184 g/mol. The molecule has 0 fully saturated rings. The van der Waals surface area contributed by atoms with Crippen LogP contribution >= 0.6 is 0 Å². The second-order valence-corrected chi connectivity index (χ2v) is 2.32. The van der Waals surface area contributed by atoms with Gasteiger partial charge in [-0.3, -0.25) is 9.59 Å². The summed E-state index contributed by atoms with van der Waals surface area (Å²) < 4.78 is 0. The van der Waals surface area contributed by atoms with E-state index in [0.717, 1.165) is 0 Å². The van der Waals surface area contributed by atoms with E-state index >= 15 is 0 Å². The van der Waals surface area contributed by atoms with Gasteiger partial charge in [-0.05, 0) is 12.1 Å². The molecule has 0 unspecified atom stereocenters.